The average molecular weight is 220 g/mol. The molecule has 1 aliphatic rings. The highest BCUT2D eigenvalue weighted by Crippen LogP contribution is 2.28. The number of aliphatic hydroxyl groups is 1. The molecule has 2 heteroatoms. The SMILES string of the molecule is Cc1cccc(OCC(O)C2CCCC2)c1. The van der Waals surface area contributed by atoms with Gasteiger partial charge in [-0.2, -0.15) is 0 Å². The Morgan fingerprint density at radius 1 is 1.38 bits per heavy atom. The monoisotopic (exact) mass is 220 g/mol. The maximum Gasteiger partial charge on any atom is 0.119 e. The largest absolute Gasteiger partial charge is 0.491 e. The van der Waals surface area contributed by atoms with Crippen LogP contribution in [-0.4, -0.2) is 17.8 Å². The first-order chi connectivity index (χ1) is 7.75. The average Bonchev–Trinajstić information content (AvgIpc) is 2.79. The van der Waals surface area contributed by atoms with Gasteiger partial charge in [-0.25, -0.2) is 0 Å². The van der Waals surface area contributed by atoms with Gasteiger partial charge in [-0.3, -0.25) is 0 Å². The molecule has 1 atom stereocenters. The molecular formula is C14H20O2. The molecule has 16 heavy (non-hydrogen) atoms. The molecule has 1 fully saturated rings. The fourth-order valence-electron chi connectivity index (χ4n) is 2.36. The van der Waals surface area contributed by atoms with E-state index in [4.69, 9.17) is 4.74 Å². The van der Waals surface area contributed by atoms with Gasteiger partial charge in [0.25, 0.3) is 0 Å². The maximum absolute atomic E-state index is 9.95. The van der Waals surface area contributed by atoms with Crippen molar-refractivity contribution in [3.63, 3.8) is 0 Å². The van der Waals surface area contributed by atoms with Crippen molar-refractivity contribution in [2.24, 2.45) is 5.92 Å². The minimum atomic E-state index is -0.303. The van der Waals surface area contributed by atoms with Gasteiger partial charge in [-0.05, 0) is 43.4 Å². The van der Waals surface area contributed by atoms with Crippen LogP contribution in [0.25, 0.3) is 0 Å². The summed E-state index contributed by atoms with van der Waals surface area (Å²) in [5, 5.41) is 9.95. The zero-order valence-electron chi connectivity index (χ0n) is 9.86. The van der Waals surface area contributed by atoms with Gasteiger partial charge in [-0.1, -0.05) is 25.0 Å². The van der Waals surface area contributed by atoms with Crippen LogP contribution < -0.4 is 4.74 Å². The third-order valence-corrected chi connectivity index (χ3v) is 3.35. The first kappa shape index (κ1) is 11.5. The van der Waals surface area contributed by atoms with Gasteiger partial charge in [0.2, 0.25) is 0 Å². The number of aliphatic hydroxyl groups excluding tert-OH is 1. The molecule has 1 N–H and O–H groups in total. The molecule has 88 valence electrons. The van der Waals surface area contributed by atoms with E-state index in [1.165, 1.54) is 18.4 Å². The topological polar surface area (TPSA) is 29.5 Å². The lowest BCUT2D eigenvalue weighted by molar-refractivity contribution is 0.0593. The van der Waals surface area contributed by atoms with Crippen LogP contribution in [0.3, 0.4) is 0 Å². The lowest BCUT2D eigenvalue weighted by Crippen LogP contribution is -2.25. The predicted molar refractivity (Wildman–Crippen MR) is 64.6 cm³/mol. The number of benzene rings is 1. The molecule has 0 aromatic heterocycles. The quantitative estimate of drug-likeness (QED) is 0.845. The maximum atomic E-state index is 9.95. The van der Waals surface area contributed by atoms with E-state index in [2.05, 4.69) is 0 Å². The van der Waals surface area contributed by atoms with E-state index in [1.54, 1.807) is 0 Å². The summed E-state index contributed by atoms with van der Waals surface area (Å²) in [6, 6.07) is 7.96. The summed E-state index contributed by atoms with van der Waals surface area (Å²) >= 11 is 0. The Kier molecular flexibility index (Phi) is 3.83. The molecule has 1 aliphatic carbocycles. The minimum Gasteiger partial charge on any atom is -0.491 e. The lowest BCUT2D eigenvalue weighted by atomic mass is 10.0. The number of aryl methyl sites for hydroxylation is 1. The molecule has 0 saturated heterocycles. The van der Waals surface area contributed by atoms with E-state index < -0.39 is 0 Å². The van der Waals surface area contributed by atoms with Crippen LogP contribution in [0.1, 0.15) is 31.2 Å². The first-order valence-corrected chi connectivity index (χ1v) is 6.13. The minimum absolute atomic E-state index is 0.303. The van der Waals surface area contributed by atoms with E-state index in [1.807, 2.05) is 31.2 Å². The molecule has 1 unspecified atom stereocenters. The van der Waals surface area contributed by atoms with E-state index in [0.29, 0.717) is 12.5 Å². The summed E-state index contributed by atoms with van der Waals surface area (Å²) in [6.45, 7) is 2.47. The zero-order valence-corrected chi connectivity index (χ0v) is 9.86. The molecular weight excluding hydrogens is 200 g/mol. The van der Waals surface area contributed by atoms with Gasteiger partial charge >= 0.3 is 0 Å². The third kappa shape index (κ3) is 2.99. The van der Waals surface area contributed by atoms with Crippen LogP contribution in [0, 0.1) is 12.8 Å². The van der Waals surface area contributed by atoms with Crippen LogP contribution in [0.5, 0.6) is 5.75 Å². The Balaban J connectivity index is 1.82. The molecule has 1 aromatic rings. The van der Waals surface area contributed by atoms with Gasteiger partial charge in [0.05, 0.1) is 6.10 Å². The number of hydrogen-bond acceptors (Lipinski definition) is 2. The summed E-state index contributed by atoms with van der Waals surface area (Å²) in [6.07, 6.45) is 4.51. The molecule has 0 amide bonds. The number of hydrogen-bond donors (Lipinski definition) is 1. The van der Waals surface area contributed by atoms with Crippen LogP contribution in [-0.2, 0) is 0 Å². The highest BCUT2D eigenvalue weighted by molar-refractivity contribution is 5.27. The van der Waals surface area contributed by atoms with Crippen molar-refractivity contribution in [3.8, 4) is 5.75 Å². The fourth-order valence-corrected chi connectivity index (χ4v) is 2.36. The Hall–Kier alpha value is -1.02. The molecule has 0 radical (unpaired) electrons. The number of ether oxygens (including phenoxy) is 1. The fraction of sp³-hybridized carbons (Fsp3) is 0.571. The molecule has 2 nitrogen and oxygen atoms in total. The standard InChI is InChI=1S/C14H20O2/c1-11-5-4-8-13(9-11)16-10-14(15)12-6-2-3-7-12/h4-5,8-9,12,14-15H,2-3,6-7,10H2,1H3. The van der Waals surface area contributed by atoms with Crippen molar-refractivity contribution in [3.05, 3.63) is 29.8 Å². The Morgan fingerprint density at radius 3 is 2.81 bits per heavy atom. The second-order valence-corrected chi connectivity index (χ2v) is 4.74. The Morgan fingerprint density at radius 2 is 2.12 bits per heavy atom. The first-order valence-electron chi connectivity index (χ1n) is 6.13. The summed E-state index contributed by atoms with van der Waals surface area (Å²) in [5.41, 5.74) is 1.19. The predicted octanol–water partition coefficient (Wildman–Crippen LogP) is 2.92. The second kappa shape index (κ2) is 5.35. The highest BCUT2D eigenvalue weighted by atomic mass is 16.5. The van der Waals surface area contributed by atoms with Crippen molar-refractivity contribution in [2.45, 2.75) is 38.7 Å². The van der Waals surface area contributed by atoms with Crippen molar-refractivity contribution >= 4 is 0 Å². The van der Waals surface area contributed by atoms with Gasteiger partial charge in [0.15, 0.2) is 0 Å². The van der Waals surface area contributed by atoms with Gasteiger partial charge in [-0.15, -0.1) is 0 Å². The third-order valence-electron chi connectivity index (χ3n) is 3.35. The lowest BCUT2D eigenvalue weighted by Gasteiger charge is -2.18. The summed E-state index contributed by atoms with van der Waals surface area (Å²) in [7, 11) is 0. The second-order valence-electron chi connectivity index (χ2n) is 4.74. The highest BCUT2D eigenvalue weighted by Gasteiger charge is 2.23. The summed E-state index contributed by atoms with van der Waals surface area (Å²) in [4.78, 5) is 0. The smallest absolute Gasteiger partial charge is 0.119 e. The van der Waals surface area contributed by atoms with Crippen LogP contribution in [0.4, 0.5) is 0 Å². The zero-order chi connectivity index (χ0) is 11.4. The van der Waals surface area contributed by atoms with E-state index in [-0.39, 0.29) is 6.10 Å². The summed E-state index contributed by atoms with van der Waals surface area (Å²) < 4.78 is 5.61. The van der Waals surface area contributed by atoms with Crippen molar-refractivity contribution < 1.29 is 9.84 Å². The van der Waals surface area contributed by atoms with E-state index in [0.717, 1.165) is 18.6 Å². The van der Waals surface area contributed by atoms with E-state index >= 15 is 0 Å². The Labute approximate surface area is 97.3 Å². The molecule has 0 heterocycles. The molecule has 1 saturated carbocycles. The number of rotatable bonds is 4. The van der Waals surface area contributed by atoms with Crippen LogP contribution in [0.2, 0.25) is 0 Å². The van der Waals surface area contributed by atoms with E-state index in [9.17, 15) is 5.11 Å². The van der Waals surface area contributed by atoms with Crippen LogP contribution in [0.15, 0.2) is 24.3 Å². The van der Waals surface area contributed by atoms with Gasteiger partial charge < -0.3 is 9.84 Å². The molecule has 2 rings (SSSR count). The van der Waals surface area contributed by atoms with Gasteiger partial charge in [0.1, 0.15) is 12.4 Å². The molecule has 0 spiro atoms. The van der Waals surface area contributed by atoms with Crippen molar-refractivity contribution in [2.75, 3.05) is 6.61 Å². The molecule has 1 aromatic carbocycles. The Bertz CT molecular complexity index is 329. The molecule has 0 bridgehead atoms. The molecule has 0 aliphatic heterocycles. The van der Waals surface area contributed by atoms with Crippen LogP contribution >= 0.6 is 0 Å². The van der Waals surface area contributed by atoms with Gasteiger partial charge in [0, 0.05) is 0 Å². The summed E-state index contributed by atoms with van der Waals surface area (Å²) in [5.74, 6) is 1.31. The normalized spacial score (nSPS) is 18.6. The van der Waals surface area contributed by atoms with Crippen molar-refractivity contribution in [1.29, 1.82) is 0 Å². The van der Waals surface area contributed by atoms with Crippen molar-refractivity contribution in [1.82, 2.24) is 0 Å².